The van der Waals surface area contributed by atoms with Crippen molar-refractivity contribution >= 4 is 34.2 Å². The van der Waals surface area contributed by atoms with Gasteiger partial charge < -0.3 is 19.5 Å². The van der Waals surface area contributed by atoms with Crippen molar-refractivity contribution in [2.75, 3.05) is 26.2 Å². The second-order valence-corrected chi connectivity index (χ2v) is 13.6. The van der Waals surface area contributed by atoms with Gasteiger partial charge >= 0.3 is 0 Å². The number of carbonyl (C=O) groups excluding carboxylic acids is 2. The van der Waals surface area contributed by atoms with Crippen molar-refractivity contribution in [2.24, 2.45) is 20.0 Å². The van der Waals surface area contributed by atoms with Crippen molar-refractivity contribution in [3.63, 3.8) is 0 Å². The molecule has 0 bridgehead atoms. The van der Waals surface area contributed by atoms with Gasteiger partial charge in [-0.25, -0.2) is 4.98 Å². The number of nitrogens with zero attached hydrogens (tertiary/aromatic N) is 7. The van der Waals surface area contributed by atoms with Crippen molar-refractivity contribution < 1.29 is 14.7 Å². The first-order chi connectivity index (χ1) is 22.2. The third kappa shape index (κ3) is 5.56. The number of piperidine rings is 2. The zero-order valence-corrected chi connectivity index (χ0v) is 26.8. The van der Waals surface area contributed by atoms with Gasteiger partial charge in [-0.15, -0.1) is 11.3 Å². The monoisotopic (exact) mass is 639 g/mol. The second-order valence-electron chi connectivity index (χ2n) is 12.6. The van der Waals surface area contributed by atoms with Gasteiger partial charge in [0, 0.05) is 64.5 Å². The molecule has 4 aromatic heterocycles. The number of rotatable bonds is 6. The number of fused-ring (bicyclic) bond motifs is 1. The highest BCUT2D eigenvalue weighted by molar-refractivity contribution is 7.17. The highest BCUT2D eigenvalue weighted by Crippen LogP contribution is 2.37. The molecule has 0 saturated carbocycles. The summed E-state index contributed by atoms with van der Waals surface area (Å²) in [5.41, 5.74) is 1.31. The van der Waals surface area contributed by atoms with Crippen LogP contribution < -0.4 is 5.56 Å². The quantitative estimate of drug-likeness (QED) is 0.304. The number of hydrogen-bond donors (Lipinski definition) is 1. The highest BCUT2D eigenvalue weighted by Gasteiger charge is 2.42. The van der Waals surface area contributed by atoms with E-state index in [9.17, 15) is 19.5 Å². The van der Waals surface area contributed by atoms with Crippen LogP contribution in [0.4, 0.5) is 0 Å². The van der Waals surface area contributed by atoms with Gasteiger partial charge in [-0.05, 0) is 49.1 Å². The van der Waals surface area contributed by atoms with E-state index in [2.05, 4.69) is 10.1 Å². The fourth-order valence-electron chi connectivity index (χ4n) is 6.98. The van der Waals surface area contributed by atoms with Crippen LogP contribution in [0.2, 0.25) is 0 Å². The van der Waals surface area contributed by atoms with Crippen molar-refractivity contribution in [3.05, 3.63) is 94.1 Å². The molecule has 7 rings (SSSR count). The Morgan fingerprint density at radius 3 is 2.52 bits per heavy atom. The zero-order chi connectivity index (χ0) is 32.0. The number of amides is 2. The molecule has 1 aromatic carbocycles. The van der Waals surface area contributed by atoms with E-state index in [0.29, 0.717) is 61.4 Å². The molecule has 6 heterocycles. The number of hydrogen-bond acceptors (Lipinski definition) is 7. The molecule has 2 amide bonds. The predicted octanol–water partition coefficient (Wildman–Crippen LogP) is 3.50. The van der Waals surface area contributed by atoms with Crippen molar-refractivity contribution in [1.82, 2.24) is 33.7 Å². The average molecular weight is 640 g/mol. The Balaban J connectivity index is 1.04. The Morgan fingerprint density at radius 1 is 1.00 bits per heavy atom. The molecular weight excluding hydrogens is 602 g/mol. The topological polar surface area (TPSA) is 118 Å². The lowest BCUT2D eigenvalue weighted by Gasteiger charge is -2.43. The fourth-order valence-corrected chi connectivity index (χ4v) is 8.01. The lowest BCUT2D eigenvalue weighted by Crippen LogP contribution is -2.53. The minimum atomic E-state index is -1.12. The largest absolute Gasteiger partial charge is 0.388 e. The minimum Gasteiger partial charge on any atom is -0.388 e. The van der Waals surface area contributed by atoms with Crippen molar-refractivity contribution in [3.8, 4) is 10.6 Å². The van der Waals surface area contributed by atoms with E-state index >= 15 is 0 Å². The SMILES string of the molecule is Cn1nccc1-c1ccc(C(=O)N2CC[C@@H](C(=O)N3CCC(O)(Cn4cnc5c(ccn5C)c4=O)CC3)[C@H](c3ccccc3)C2)s1. The molecule has 12 heteroatoms. The number of aromatic nitrogens is 5. The Morgan fingerprint density at radius 2 is 1.78 bits per heavy atom. The molecule has 2 aliphatic heterocycles. The molecule has 46 heavy (non-hydrogen) atoms. The van der Waals surface area contributed by atoms with Gasteiger partial charge in [0.2, 0.25) is 5.91 Å². The maximum atomic E-state index is 14.1. The Hall–Kier alpha value is -4.55. The summed E-state index contributed by atoms with van der Waals surface area (Å²) in [4.78, 5) is 50.6. The van der Waals surface area contributed by atoms with Crippen LogP contribution in [0.25, 0.3) is 21.6 Å². The number of aliphatic hydroxyl groups is 1. The summed E-state index contributed by atoms with van der Waals surface area (Å²) >= 11 is 1.46. The van der Waals surface area contributed by atoms with Gasteiger partial charge in [-0.1, -0.05) is 30.3 Å². The first-order valence-corrected chi connectivity index (χ1v) is 16.5. The normalized spacial score (nSPS) is 19.9. The molecule has 238 valence electrons. The van der Waals surface area contributed by atoms with Crippen LogP contribution in [-0.4, -0.2) is 82.4 Å². The molecule has 1 N–H and O–H groups in total. The van der Waals surface area contributed by atoms with E-state index in [1.54, 1.807) is 27.7 Å². The van der Waals surface area contributed by atoms with E-state index in [4.69, 9.17) is 0 Å². The van der Waals surface area contributed by atoms with Crippen LogP contribution in [0.1, 0.15) is 40.4 Å². The molecule has 2 fully saturated rings. The summed E-state index contributed by atoms with van der Waals surface area (Å²) in [6.45, 7) is 1.88. The molecule has 2 aliphatic rings. The van der Waals surface area contributed by atoms with Gasteiger partial charge in [0.1, 0.15) is 12.0 Å². The Bertz CT molecular complexity index is 1950. The number of thiophene rings is 1. The van der Waals surface area contributed by atoms with E-state index in [1.165, 1.54) is 22.2 Å². The summed E-state index contributed by atoms with van der Waals surface area (Å²) in [5, 5.41) is 16.2. The Kier molecular flexibility index (Phi) is 7.85. The lowest BCUT2D eigenvalue weighted by molar-refractivity contribution is -0.142. The Labute approximate surface area is 270 Å². The summed E-state index contributed by atoms with van der Waals surface area (Å²) in [5.74, 6) is -0.391. The lowest BCUT2D eigenvalue weighted by atomic mass is 9.79. The average Bonchev–Trinajstić information content (AvgIpc) is 3.82. The van der Waals surface area contributed by atoms with Crippen molar-refractivity contribution in [2.45, 2.75) is 37.3 Å². The first kappa shape index (κ1) is 30.1. The second kappa shape index (κ2) is 12.0. The molecular formula is C34H37N7O4S. The van der Waals surface area contributed by atoms with E-state index in [-0.39, 0.29) is 35.8 Å². The van der Waals surface area contributed by atoms with Gasteiger partial charge in [-0.3, -0.25) is 23.6 Å². The molecule has 11 nitrogen and oxygen atoms in total. The molecule has 0 spiro atoms. The maximum Gasteiger partial charge on any atom is 0.263 e. The minimum absolute atomic E-state index is 0.0216. The van der Waals surface area contributed by atoms with E-state index in [0.717, 1.165) is 16.1 Å². The summed E-state index contributed by atoms with van der Waals surface area (Å²) in [6, 6.07) is 17.5. The van der Waals surface area contributed by atoms with Gasteiger partial charge in [-0.2, -0.15) is 5.10 Å². The van der Waals surface area contributed by atoms with Crippen LogP contribution in [0, 0.1) is 5.92 Å². The summed E-state index contributed by atoms with van der Waals surface area (Å²) < 4.78 is 5.07. The number of likely N-dealkylation sites (tertiary alicyclic amines) is 2. The van der Waals surface area contributed by atoms with Crippen LogP contribution in [-0.2, 0) is 25.4 Å². The molecule has 2 saturated heterocycles. The third-order valence-corrected chi connectivity index (χ3v) is 10.8. The molecule has 0 radical (unpaired) electrons. The fraction of sp³-hybridized carbons (Fsp3) is 0.382. The zero-order valence-electron chi connectivity index (χ0n) is 26.0. The molecule has 0 unspecified atom stereocenters. The van der Waals surface area contributed by atoms with Crippen LogP contribution >= 0.6 is 11.3 Å². The highest BCUT2D eigenvalue weighted by atomic mass is 32.1. The number of carbonyl (C=O) groups is 2. The van der Waals surface area contributed by atoms with E-state index in [1.807, 2.05) is 72.4 Å². The third-order valence-electron chi connectivity index (χ3n) is 9.66. The molecule has 2 atom stereocenters. The van der Waals surface area contributed by atoms with Crippen LogP contribution in [0.15, 0.2) is 78.1 Å². The van der Waals surface area contributed by atoms with Gasteiger partial charge in [0.05, 0.1) is 33.0 Å². The first-order valence-electron chi connectivity index (χ1n) is 15.6. The van der Waals surface area contributed by atoms with Gasteiger partial charge in [0.25, 0.3) is 11.5 Å². The maximum absolute atomic E-state index is 14.1. The smallest absolute Gasteiger partial charge is 0.263 e. The van der Waals surface area contributed by atoms with Crippen LogP contribution in [0.5, 0.6) is 0 Å². The number of aryl methyl sites for hydroxylation is 2. The summed E-state index contributed by atoms with van der Waals surface area (Å²) in [7, 11) is 3.72. The predicted molar refractivity (Wildman–Crippen MR) is 175 cm³/mol. The van der Waals surface area contributed by atoms with E-state index < -0.39 is 5.60 Å². The van der Waals surface area contributed by atoms with Crippen LogP contribution in [0.3, 0.4) is 0 Å². The summed E-state index contributed by atoms with van der Waals surface area (Å²) in [6.07, 6.45) is 6.33. The number of benzene rings is 1. The van der Waals surface area contributed by atoms with Gasteiger partial charge in [0.15, 0.2) is 0 Å². The van der Waals surface area contributed by atoms with Crippen molar-refractivity contribution in [1.29, 1.82) is 0 Å². The molecule has 0 aliphatic carbocycles. The standard InChI is InChI=1S/C34H37N7O4S/c1-37-16-11-25-30(37)35-22-41(32(25)43)21-34(45)13-18-39(19-14-34)31(42)24-12-17-40(20-26(24)23-6-4-3-5-7-23)33(44)29-9-8-28(46-29)27-10-15-36-38(27)2/h3-11,15-16,22,24,26,45H,12-14,17-21H2,1-2H3/t24-,26+/m1/s1. The molecule has 5 aromatic rings.